The summed E-state index contributed by atoms with van der Waals surface area (Å²) in [6.07, 6.45) is 0.908. The molecule has 2 aromatic rings. The van der Waals surface area contributed by atoms with Crippen molar-refractivity contribution in [3.05, 3.63) is 63.6 Å². The van der Waals surface area contributed by atoms with Gasteiger partial charge in [-0.1, -0.05) is 41.4 Å². The molecule has 0 aliphatic carbocycles. The fraction of sp³-hybridized carbons (Fsp3) is 0.381. The summed E-state index contributed by atoms with van der Waals surface area (Å²) in [5, 5.41) is 12.4. The van der Waals surface area contributed by atoms with Gasteiger partial charge < -0.3 is 4.90 Å². The van der Waals surface area contributed by atoms with Crippen LogP contribution in [0.2, 0.25) is 10.0 Å². The molecular formula is C21H23Cl2N3O. The van der Waals surface area contributed by atoms with Crippen LogP contribution in [-0.2, 0) is 11.4 Å². The van der Waals surface area contributed by atoms with Crippen LogP contribution in [0, 0.1) is 11.3 Å². The smallest absolute Gasteiger partial charge is 0.101 e. The average molecular weight is 404 g/mol. The van der Waals surface area contributed by atoms with Gasteiger partial charge in [-0.05, 0) is 50.1 Å². The maximum Gasteiger partial charge on any atom is 0.101 e. The molecule has 0 spiro atoms. The van der Waals surface area contributed by atoms with Gasteiger partial charge in [-0.15, -0.1) is 0 Å². The van der Waals surface area contributed by atoms with Crippen molar-refractivity contribution in [1.82, 2.24) is 5.06 Å². The second kappa shape index (κ2) is 8.95. The molecule has 2 aromatic carbocycles. The van der Waals surface area contributed by atoms with Gasteiger partial charge in [-0.25, -0.2) is 0 Å². The maximum absolute atomic E-state index is 9.18. The van der Waals surface area contributed by atoms with Gasteiger partial charge in [0.2, 0.25) is 0 Å². The zero-order valence-corrected chi connectivity index (χ0v) is 17.0. The standard InChI is InChI=1S/C21H23Cl2N3O/c1-15(2)26-14-19(9-10-27-26)25(13-17-5-3-4-6-20(17)22)18-8-7-16(12-24)21(23)11-18/h3-8,11,15,19H,9-10,13-14H2,1-2H3/t19-/m0/s1. The fourth-order valence-electron chi connectivity index (χ4n) is 3.29. The van der Waals surface area contributed by atoms with Crippen molar-refractivity contribution in [3.63, 3.8) is 0 Å². The number of anilines is 1. The number of hydrogen-bond acceptors (Lipinski definition) is 4. The summed E-state index contributed by atoms with van der Waals surface area (Å²) in [7, 11) is 0. The van der Waals surface area contributed by atoms with Crippen LogP contribution in [0.5, 0.6) is 0 Å². The van der Waals surface area contributed by atoms with Crippen molar-refractivity contribution < 1.29 is 4.84 Å². The predicted octanol–water partition coefficient (Wildman–Crippen LogP) is 5.29. The highest BCUT2D eigenvalue weighted by molar-refractivity contribution is 6.32. The molecule has 1 aliphatic rings. The molecule has 27 heavy (non-hydrogen) atoms. The van der Waals surface area contributed by atoms with Crippen LogP contribution >= 0.6 is 23.2 Å². The van der Waals surface area contributed by atoms with Crippen molar-refractivity contribution in [2.45, 2.75) is 38.9 Å². The molecule has 0 radical (unpaired) electrons. The van der Waals surface area contributed by atoms with E-state index in [9.17, 15) is 5.26 Å². The van der Waals surface area contributed by atoms with Crippen molar-refractivity contribution in [2.24, 2.45) is 0 Å². The zero-order valence-electron chi connectivity index (χ0n) is 15.5. The zero-order chi connectivity index (χ0) is 19.4. The molecule has 1 heterocycles. The van der Waals surface area contributed by atoms with Gasteiger partial charge in [-0.3, -0.25) is 4.84 Å². The summed E-state index contributed by atoms with van der Waals surface area (Å²) < 4.78 is 0. The molecule has 1 fully saturated rings. The minimum atomic E-state index is 0.251. The summed E-state index contributed by atoms with van der Waals surface area (Å²) in [5.41, 5.74) is 2.52. The number of nitriles is 1. The summed E-state index contributed by atoms with van der Waals surface area (Å²) in [5.74, 6) is 0. The number of nitrogens with zero attached hydrogens (tertiary/aromatic N) is 3. The lowest BCUT2D eigenvalue weighted by molar-refractivity contribution is -0.203. The molecule has 0 bridgehead atoms. The van der Waals surface area contributed by atoms with Crippen molar-refractivity contribution in [1.29, 1.82) is 5.26 Å². The predicted molar refractivity (Wildman–Crippen MR) is 110 cm³/mol. The van der Waals surface area contributed by atoms with E-state index in [0.717, 1.165) is 29.2 Å². The van der Waals surface area contributed by atoms with E-state index in [1.54, 1.807) is 6.07 Å². The van der Waals surface area contributed by atoms with Crippen molar-refractivity contribution in [2.75, 3.05) is 18.1 Å². The molecule has 0 aromatic heterocycles. The highest BCUT2D eigenvalue weighted by atomic mass is 35.5. The van der Waals surface area contributed by atoms with Crippen molar-refractivity contribution >= 4 is 28.9 Å². The van der Waals surface area contributed by atoms with Crippen LogP contribution in [0.15, 0.2) is 42.5 Å². The Hall–Kier alpha value is -1.77. The van der Waals surface area contributed by atoms with Gasteiger partial charge in [0.05, 0.1) is 17.2 Å². The highest BCUT2D eigenvalue weighted by Gasteiger charge is 2.28. The van der Waals surface area contributed by atoms with Gasteiger partial charge >= 0.3 is 0 Å². The van der Waals surface area contributed by atoms with Crippen molar-refractivity contribution in [3.8, 4) is 6.07 Å². The Morgan fingerprint density at radius 3 is 2.67 bits per heavy atom. The minimum Gasteiger partial charge on any atom is -0.363 e. The van der Waals surface area contributed by atoms with Gasteiger partial charge in [0.25, 0.3) is 0 Å². The molecule has 0 amide bonds. The number of hydroxylamine groups is 2. The third-order valence-corrected chi connectivity index (χ3v) is 5.50. The first-order chi connectivity index (χ1) is 13.0. The molecule has 1 saturated heterocycles. The largest absolute Gasteiger partial charge is 0.363 e. The Kier molecular flexibility index (Phi) is 6.62. The van der Waals surface area contributed by atoms with Gasteiger partial charge in [0.1, 0.15) is 6.07 Å². The topological polar surface area (TPSA) is 39.5 Å². The third-order valence-electron chi connectivity index (χ3n) is 4.82. The van der Waals surface area contributed by atoms with E-state index in [1.807, 2.05) is 41.5 Å². The van der Waals surface area contributed by atoms with E-state index in [1.165, 1.54) is 0 Å². The Balaban J connectivity index is 1.95. The highest BCUT2D eigenvalue weighted by Crippen LogP contribution is 2.30. The summed E-state index contributed by atoms with van der Waals surface area (Å²) in [4.78, 5) is 8.11. The van der Waals surface area contributed by atoms with Crippen LogP contribution in [0.3, 0.4) is 0 Å². The van der Waals surface area contributed by atoms with Gasteiger partial charge in [0, 0.05) is 35.9 Å². The molecule has 6 heteroatoms. The molecule has 4 nitrogen and oxygen atoms in total. The van der Waals surface area contributed by atoms with Gasteiger partial charge in [-0.2, -0.15) is 10.3 Å². The molecule has 0 saturated carbocycles. The number of benzene rings is 2. The fourth-order valence-corrected chi connectivity index (χ4v) is 3.70. The van der Waals surface area contributed by atoms with Crippen LogP contribution in [-0.4, -0.2) is 30.3 Å². The molecule has 3 rings (SSSR count). The maximum atomic E-state index is 9.18. The Morgan fingerprint density at radius 1 is 1.22 bits per heavy atom. The second-order valence-corrected chi connectivity index (χ2v) is 7.78. The van der Waals surface area contributed by atoms with E-state index in [0.29, 0.717) is 29.8 Å². The lowest BCUT2D eigenvalue weighted by Crippen LogP contribution is -2.50. The lowest BCUT2D eigenvalue weighted by Gasteiger charge is -2.41. The van der Waals surface area contributed by atoms with Crippen LogP contribution in [0.1, 0.15) is 31.4 Å². The summed E-state index contributed by atoms with van der Waals surface area (Å²) in [6.45, 7) is 6.38. The minimum absolute atomic E-state index is 0.251. The molecular weight excluding hydrogens is 381 g/mol. The van der Waals surface area contributed by atoms with E-state index in [2.05, 4.69) is 24.8 Å². The molecule has 142 valence electrons. The quantitative estimate of drug-likeness (QED) is 0.679. The monoisotopic (exact) mass is 403 g/mol. The van der Waals surface area contributed by atoms with E-state index < -0.39 is 0 Å². The van der Waals surface area contributed by atoms with Crippen LogP contribution < -0.4 is 4.90 Å². The SMILES string of the molecule is CC(C)N1C[C@@H](N(Cc2ccccc2Cl)c2ccc(C#N)c(Cl)c2)CCO1. The Bertz CT molecular complexity index is 834. The number of halogens is 2. The Labute approximate surface area is 170 Å². The normalized spacial score (nSPS) is 17.7. The Morgan fingerprint density at radius 2 is 2.00 bits per heavy atom. The number of rotatable bonds is 5. The third kappa shape index (κ3) is 4.75. The summed E-state index contributed by atoms with van der Waals surface area (Å²) >= 11 is 12.7. The van der Waals surface area contributed by atoms with Gasteiger partial charge in [0.15, 0.2) is 0 Å². The second-order valence-electron chi connectivity index (χ2n) is 6.96. The molecule has 1 aliphatic heterocycles. The lowest BCUT2D eigenvalue weighted by atomic mass is 10.1. The first-order valence-corrected chi connectivity index (χ1v) is 9.84. The molecule has 0 N–H and O–H groups in total. The van der Waals surface area contributed by atoms with Crippen LogP contribution in [0.4, 0.5) is 5.69 Å². The summed E-state index contributed by atoms with van der Waals surface area (Å²) in [6, 6.07) is 16.2. The van der Waals surface area contributed by atoms with E-state index >= 15 is 0 Å². The molecule has 1 atom stereocenters. The number of hydrogen-bond donors (Lipinski definition) is 0. The van der Waals surface area contributed by atoms with Crippen LogP contribution in [0.25, 0.3) is 0 Å². The van der Waals surface area contributed by atoms with E-state index in [4.69, 9.17) is 28.0 Å². The average Bonchev–Trinajstić information content (AvgIpc) is 2.67. The molecule has 0 unspecified atom stereocenters. The first kappa shape index (κ1) is 20.0. The van der Waals surface area contributed by atoms with E-state index in [-0.39, 0.29) is 6.04 Å². The first-order valence-electron chi connectivity index (χ1n) is 9.09.